The van der Waals surface area contributed by atoms with Crippen molar-refractivity contribution in [3.8, 4) is 6.07 Å². The summed E-state index contributed by atoms with van der Waals surface area (Å²) >= 11 is 0. The van der Waals surface area contributed by atoms with E-state index in [4.69, 9.17) is 11.0 Å². The average Bonchev–Trinajstić information content (AvgIpc) is 2.42. The highest BCUT2D eigenvalue weighted by Gasteiger charge is 2.24. The fourth-order valence-corrected chi connectivity index (χ4v) is 1.72. The first-order chi connectivity index (χ1) is 8.79. The number of amidine groups is 1. The highest BCUT2D eigenvalue weighted by molar-refractivity contribution is 5.87. The van der Waals surface area contributed by atoms with Gasteiger partial charge in [-0.25, -0.2) is 0 Å². The Morgan fingerprint density at radius 1 is 1.56 bits per heavy atom. The number of piperidine rings is 1. The van der Waals surface area contributed by atoms with E-state index in [9.17, 15) is 4.79 Å². The van der Waals surface area contributed by atoms with Crippen LogP contribution in [0.25, 0.3) is 0 Å². The third-order valence-corrected chi connectivity index (χ3v) is 2.61. The maximum atomic E-state index is 10.8. The maximum absolute atomic E-state index is 10.8. The van der Waals surface area contributed by atoms with Crippen LogP contribution in [0.5, 0.6) is 0 Å². The molecule has 1 saturated heterocycles. The van der Waals surface area contributed by atoms with Crippen LogP contribution in [0.2, 0.25) is 0 Å². The van der Waals surface area contributed by atoms with E-state index in [1.54, 1.807) is 11.0 Å². The fraction of sp³-hybridized carbons (Fsp3) is 0.545. The van der Waals surface area contributed by atoms with Crippen molar-refractivity contribution in [2.45, 2.75) is 31.7 Å². The predicted molar refractivity (Wildman–Crippen MR) is 66.3 cm³/mol. The van der Waals surface area contributed by atoms with Crippen LogP contribution >= 0.6 is 0 Å². The molecule has 1 aliphatic heterocycles. The predicted octanol–water partition coefficient (Wildman–Crippen LogP) is 1.15. The minimum absolute atomic E-state index is 0.182. The second-order valence-electron chi connectivity index (χ2n) is 3.83. The van der Waals surface area contributed by atoms with E-state index in [-0.39, 0.29) is 12.5 Å². The molecule has 96 valence electrons. The van der Waals surface area contributed by atoms with Gasteiger partial charge in [0.05, 0.1) is 18.5 Å². The SMILES string of the molecule is N#CC/C=C/N=N/N=C(\N)C1CCCCN1C=O. The molecule has 18 heavy (non-hydrogen) atoms. The third kappa shape index (κ3) is 4.33. The van der Waals surface area contributed by atoms with Gasteiger partial charge in [-0.15, -0.1) is 10.2 Å². The Bertz CT molecular complexity index is 395. The number of carbonyl (C=O) groups is 1. The molecule has 0 saturated carbocycles. The monoisotopic (exact) mass is 248 g/mol. The lowest BCUT2D eigenvalue weighted by molar-refractivity contribution is -0.120. The Kier molecular flexibility index (Phi) is 6.11. The highest BCUT2D eigenvalue weighted by atomic mass is 16.1. The second-order valence-corrected chi connectivity index (χ2v) is 3.83. The lowest BCUT2D eigenvalue weighted by atomic mass is 10.0. The summed E-state index contributed by atoms with van der Waals surface area (Å²) < 4.78 is 0. The van der Waals surface area contributed by atoms with Crippen molar-refractivity contribution < 1.29 is 4.79 Å². The zero-order valence-electron chi connectivity index (χ0n) is 10.1. The number of hydrogen-bond donors (Lipinski definition) is 1. The molecule has 0 bridgehead atoms. The lowest BCUT2D eigenvalue weighted by Gasteiger charge is -2.31. The van der Waals surface area contributed by atoms with Crippen LogP contribution in [0.4, 0.5) is 0 Å². The zero-order valence-corrected chi connectivity index (χ0v) is 10.1. The van der Waals surface area contributed by atoms with E-state index < -0.39 is 0 Å². The maximum Gasteiger partial charge on any atom is 0.210 e. The van der Waals surface area contributed by atoms with Gasteiger partial charge in [-0.05, 0) is 24.5 Å². The molecule has 7 nitrogen and oxygen atoms in total. The molecule has 0 spiro atoms. The second kappa shape index (κ2) is 7.95. The quantitative estimate of drug-likeness (QED) is 0.259. The van der Waals surface area contributed by atoms with Crippen molar-refractivity contribution in [3.63, 3.8) is 0 Å². The van der Waals surface area contributed by atoms with E-state index in [1.165, 1.54) is 6.20 Å². The molecule has 1 atom stereocenters. The summed E-state index contributed by atoms with van der Waals surface area (Å²) in [5.41, 5.74) is 5.77. The topological polar surface area (TPSA) is 107 Å². The molecule has 0 aromatic rings. The summed E-state index contributed by atoms with van der Waals surface area (Å²) in [6, 6.07) is 1.76. The Labute approximate surface area is 106 Å². The zero-order chi connectivity index (χ0) is 13.2. The van der Waals surface area contributed by atoms with Crippen molar-refractivity contribution in [2.24, 2.45) is 21.2 Å². The smallest absolute Gasteiger partial charge is 0.210 e. The van der Waals surface area contributed by atoms with Crippen molar-refractivity contribution >= 4 is 12.2 Å². The number of carbonyl (C=O) groups excluding carboxylic acids is 1. The minimum atomic E-state index is -0.182. The summed E-state index contributed by atoms with van der Waals surface area (Å²) in [7, 11) is 0. The molecule has 0 aliphatic carbocycles. The van der Waals surface area contributed by atoms with Gasteiger partial charge in [0.15, 0.2) is 0 Å². The molecule has 2 N–H and O–H groups in total. The Balaban J connectivity index is 2.53. The Morgan fingerprint density at radius 2 is 2.39 bits per heavy atom. The van der Waals surface area contributed by atoms with E-state index in [2.05, 4.69) is 15.4 Å². The standard InChI is InChI=1S/C11H16N6O/c12-6-2-3-7-14-16-15-11(13)10-5-1-4-8-17(10)9-18/h3,7,9-10H,1-2,4-5,8H2,(H2,13,14,15)/b7-3+. The molecule has 0 aromatic carbocycles. The van der Waals surface area contributed by atoms with E-state index in [0.29, 0.717) is 12.4 Å². The number of nitriles is 1. The van der Waals surface area contributed by atoms with Crippen molar-refractivity contribution in [3.05, 3.63) is 12.3 Å². The first-order valence-corrected chi connectivity index (χ1v) is 5.75. The van der Waals surface area contributed by atoms with Crippen LogP contribution in [-0.2, 0) is 4.79 Å². The van der Waals surface area contributed by atoms with E-state index in [0.717, 1.165) is 25.7 Å². The molecule has 1 aliphatic rings. The van der Waals surface area contributed by atoms with Crippen LogP contribution in [-0.4, -0.2) is 29.7 Å². The van der Waals surface area contributed by atoms with E-state index >= 15 is 0 Å². The number of nitrogens with zero attached hydrogens (tertiary/aromatic N) is 5. The van der Waals surface area contributed by atoms with Crippen molar-refractivity contribution in [2.75, 3.05) is 6.54 Å². The molecule has 7 heteroatoms. The van der Waals surface area contributed by atoms with Gasteiger partial charge in [-0.1, -0.05) is 6.08 Å². The first-order valence-electron chi connectivity index (χ1n) is 5.75. The summed E-state index contributed by atoms with van der Waals surface area (Å²) in [5.74, 6) is 0.291. The molecular formula is C11H16N6O. The van der Waals surface area contributed by atoms with Crippen LogP contribution in [0.1, 0.15) is 25.7 Å². The van der Waals surface area contributed by atoms with Crippen LogP contribution in [0.3, 0.4) is 0 Å². The summed E-state index contributed by atoms with van der Waals surface area (Å²) in [6.07, 6.45) is 6.82. The molecule has 1 heterocycles. The normalized spacial score (nSPS) is 21.4. The number of allylic oxidation sites excluding steroid dienone is 1. The van der Waals surface area contributed by atoms with Gasteiger partial charge >= 0.3 is 0 Å². The summed E-state index contributed by atoms with van der Waals surface area (Å²) in [4.78, 5) is 12.5. The number of amides is 1. The number of rotatable bonds is 5. The van der Waals surface area contributed by atoms with Gasteiger partial charge in [-0.2, -0.15) is 5.26 Å². The molecule has 0 radical (unpaired) electrons. The molecule has 1 unspecified atom stereocenters. The van der Waals surface area contributed by atoms with Gasteiger partial charge in [0.25, 0.3) is 0 Å². The average molecular weight is 248 g/mol. The van der Waals surface area contributed by atoms with Gasteiger partial charge < -0.3 is 10.6 Å². The van der Waals surface area contributed by atoms with Gasteiger partial charge in [0, 0.05) is 12.7 Å². The first kappa shape index (κ1) is 13.8. The Morgan fingerprint density at radius 3 is 3.11 bits per heavy atom. The van der Waals surface area contributed by atoms with Crippen molar-refractivity contribution in [1.82, 2.24) is 4.90 Å². The summed E-state index contributed by atoms with van der Waals surface area (Å²) in [6.45, 7) is 0.698. The fourth-order valence-electron chi connectivity index (χ4n) is 1.72. The molecule has 1 rings (SSSR count). The van der Waals surface area contributed by atoms with Crippen molar-refractivity contribution in [1.29, 1.82) is 5.26 Å². The summed E-state index contributed by atoms with van der Waals surface area (Å²) in [5, 5.41) is 19.2. The van der Waals surface area contributed by atoms with Crippen LogP contribution < -0.4 is 5.73 Å². The molecule has 1 fully saturated rings. The highest BCUT2D eigenvalue weighted by Crippen LogP contribution is 2.15. The number of likely N-dealkylation sites (tertiary alicyclic amines) is 1. The Hall–Kier alpha value is -2.23. The number of nitrogens with two attached hydrogens (primary N) is 1. The van der Waals surface area contributed by atoms with Gasteiger partial charge in [0.2, 0.25) is 6.41 Å². The minimum Gasteiger partial charge on any atom is -0.384 e. The number of hydrogen-bond acceptors (Lipinski definition) is 4. The van der Waals surface area contributed by atoms with Gasteiger partial charge in [0.1, 0.15) is 5.84 Å². The largest absolute Gasteiger partial charge is 0.384 e. The molecule has 0 aromatic heterocycles. The van der Waals surface area contributed by atoms with Crippen LogP contribution in [0.15, 0.2) is 27.7 Å². The third-order valence-electron chi connectivity index (χ3n) is 2.61. The van der Waals surface area contributed by atoms with Gasteiger partial charge in [-0.3, -0.25) is 4.79 Å². The lowest BCUT2D eigenvalue weighted by Crippen LogP contribution is -2.46. The molecule has 1 amide bonds. The molecular weight excluding hydrogens is 232 g/mol. The van der Waals surface area contributed by atoms with E-state index in [1.807, 2.05) is 6.07 Å². The van der Waals surface area contributed by atoms with Crippen LogP contribution in [0, 0.1) is 11.3 Å².